The quantitative estimate of drug-likeness (QED) is 0.769. The van der Waals surface area contributed by atoms with Crippen LogP contribution in [0, 0.1) is 11.6 Å². The largest absolute Gasteiger partial charge is 0.350 e. The van der Waals surface area contributed by atoms with Gasteiger partial charge in [-0.05, 0) is 67.5 Å². The number of rotatable bonds is 6. The predicted molar refractivity (Wildman–Crippen MR) is 110 cm³/mol. The van der Waals surface area contributed by atoms with Gasteiger partial charge < -0.3 is 10.2 Å². The third-order valence-electron chi connectivity index (χ3n) is 6.34. The second kappa shape index (κ2) is 8.54. The Labute approximate surface area is 175 Å². The number of nitrogens with zero attached hydrogens (tertiary/aromatic N) is 1. The van der Waals surface area contributed by atoms with Crippen LogP contribution in [-0.4, -0.2) is 28.8 Å². The number of halogens is 2. The van der Waals surface area contributed by atoms with Gasteiger partial charge in [0.05, 0.1) is 6.04 Å². The number of carbonyl (C=O) groups excluding carboxylic acids is 2. The van der Waals surface area contributed by atoms with E-state index in [2.05, 4.69) is 5.32 Å². The Hall–Kier alpha value is -2.76. The summed E-state index contributed by atoms with van der Waals surface area (Å²) in [5, 5.41) is 3.08. The molecule has 2 aromatic rings. The third-order valence-corrected chi connectivity index (χ3v) is 6.34. The first-order chi connectivity index (χ1) is 14.4. The van der Waals surface area contributed by atoms with Crippen molar-refractivity contribution in [1.29, 1.82) is 0 Å². The molecule has 2 atom stereocenters. The summed E-state index contributed by atoms with van der Waals surface area (Å²) in [6.07, 6.45) is 4.35. The van der Waals surface area contributed by atoms with Gasteiger partial charge in [-0.25, -0.2) is 8.78 Å². The zero-order chi connectivity index (χ0) is 21.1. The zero-order valence-electron chi connectivity index (χ0n) is 16.9. The van der Waals surface area contributed by atoms with Crippen LogP contribution in [0.4, 0.5) is 8.78 Å². The van der Waals surface area contributed by atoms with Crippen molar-refractivity contribution >= 4 is 11.8 Å². The van der Waals surface area contributed by atoms with Crippen molar-refractivity contribution in [3.8, 4) is 0 Å². The molecular weight excluding hydrogens is 386 g/mol. The summed E-state index contributed by atoms with van der Waals surface area (Å²) in [5.41, 5.74) is 1.42. The van der Waals surface area contributed by atoms with Crippen LogP contribution in [0.3, 0.4) is 0 Å². The van der Waals surface area contributed by atoms with Crippen LogP contribution >= 0.6 is 0 Å². The highest BCUT2D eigenvalue weighted by Gasteiger charge is 2.39. The minimum Gasteiger partial charge on any atom is -0.350 e. The van der Waals surface area contributed by atoms with E-state index in [0.29, 0.717) is 38.6 Å². The minimum atomic E-state index is -0.477. The van der Waals surface area contributed by atoms with Crippen molar-refractivity contribution in [2.45, 2.75) is 56.5 Å². The van der Waals surface area contributed by atoms with Crippen LogP contribution in [0.5, 0.6) is 0 Å². The Morgan fingerprint density at radius 3 is 2.37 bits per heavy atom. The van der Waals surface area contributed by atoms with Crippen LogP contribution in [-0.2, 0) is 16.0 Å². The lowest BCUT2D eigenvalue weighted by molar-refractivity contribution is -0.132. The molecule has 0 radical (unpaired) electrons. The molecule has 158 valence electrons. The number of nitrogens with one attached hydrogen (secondary N) is 1. The molecule has 0 unspecified atom stereocenters. The fourth-order valence-corrected chi connectivity index (χ4v) is 4.76. The van der Waals surface area contributed by atoms with E-state index >= 15 is 0 Å². The topological polar surface area (TPSA) is 49.4 Å². The van der Waals surface area contributed by atoms with Crippen LogP contribution in [0.25, 0.3) is 0 Å². The second-order valence-corrected chi connectivity index (χ2v) is 8.43. The lowest BCUT2D eigenvalue weighted by Gasteiger charge is -2.31. The molecule has 0 saturated carbocycles. The molecule has 2 saturated heterocycles. The summed E-state index contributed by atoms with van der Waals surface area (Å²) in [5.74, 6) is -0.523. The normalized spacial score (nSPS) is 23.6. The Kier molecular flexibility index (Phi) is 5.84. The lowest BCUT2D eigenvalue weighted by Crippen LogP contribution is -2.44. The first-order valence-electron chi connectivity index (χ1n) is 10.5. The third kappa shape index (κ3) is 4.53. The van der Waals surface area contributed by atoms with Gasteiger partial charge in [0.1, 0.15) is 11.6 Å². The predicted octanol–water partition coefficient (Wildman–Crippen LogP) is 4.30. The highest BCUT2D eigenvalue weighted by molar-refractivity contribution is 5.80. The monoisotopic (exact) mass is 412 g/mol. The number of amides is 2. The average Bonchev–Trinajstić information content (AvgIpc) is 3.36. The fourth-order valence-electron chi connectivity index (χ4n) is 4.76. The molecule has 0 spiro atoms. The van der Waals surface area contributed by atoms with Crippen molar-refractivity contribution in [1.82, 2.24) is 10.2 Å². The van der Waals surface area contributed by atoms with E-state index in [0.717, 1.165) is 24.0 Å². The van der Waals surface area contributed by atoms with Gasteiger partial charge in [0.2, 0.25) is 11.8 Å². The molecular formula is C24H26F2N2O2. The number of carbonyl (C=O) groups is 2. The van der Waals surface area contributed by atoms with Crippen molar-refractivity contribution in [3.63, 3.8) is 0 Å². The van der Waals surface area contributed by atoms with Gasteiger partial charge in [-0.3, -0.25) is 9.59 Å². The minimum absolute atomic E-state index is 0.00470. The van der Waals surface area contributed by atoms with Gasteiger partial charge >= 0.3 is 0 Å². The van der Waals surface area contributed by atoms with Gasteiger partial charge in [0, 0.05) is 24.9 Å². The maximum Gasteiger partial charge on any atom is 0.223 e. The highest BCUT2D eigenvalue weighted by atomic mass is 19.1. The van der Waals surface area contributed by atoms with Gasteiger partial charge in [0.15, 0.2) is 0 Å². The Morgan fingerprint density at radius 1 is 1.07 bits per heavy atom. The Bertz CT molecular complexity index is 914. The molecule has 1 N–H and O–H groups in total. The first-order valence-corrected chi connectivity index (χ1v) is 10.5. The molecule has 0 bridgehead atoms. The SMILES string of the molecule is O=C1CC[C@@](CCC(=O)N2CCC[C@H]2c2ccc(F)cc2)(Cc2ccc(F)cc2)N1. The van der Waals surface area contributed by atoms with E-state index in [4.69, 9.17) is 0 Å². The molecule has 2 aromatic carbocycles. The summed E-state index contributed by atoms with van der Waals surface area (Å²) in [6, 6.07) is 12.6. The molecule has 2 heterocycles. The average molecular weight is 412 g/mol. The second-order valence-electron chi connectivity index (χ2n) is 8.43. The first kappa shape index (κ1) is 20.5. The summed E-state index contributed by atoms with van der Waals surface area (Å²) in [6.45, 7) is 0.693. The fraction of sp³-hybridized carbons (Fsp3) is 0.417. The summed E-state index contributed by atoms with van der Waals surface area (Å²) in [4.78, 5) is 26.9. The van der Waals surface area contributed by atoms with E-state index in [1.165, 1.54) is 24.3 Å². The molecule has 4 nitrogen and oxygen atoms in total. The zero-order valence-corrected chi connectivity index (χ0v) is 16.9. The summed E-state index contributed by atoms with van der Waals surface area (Å²) >= 11 is 0. The molecule has 2 fully saturated rings. The van der Waals surface area contributed by atoms with Gasteiger partial charge in [-0.15, -0.1) is 0 Å². The van der Waals surface area contributed by atoms with Crippen molar-refractivity contribution in [3.05, 3.63) is 71.3 Å². The summed E-state index contributed by atoms with van der Waals surface area (Å²) < 4.78 is 26.5. The van der Waals surface area contributed by atoms with Crippen LogP contribution in [0.2, 0.25) is 0 Å². The number of benzene rings is 2. The van der Waals surface area contributed by atoms with Crippen LogP contribution in [0.1, 0.15) is 55.7 Å². The van der Waals surface area contributed by atoms with Crippen molar-refractivity contribution in [2.24, 2.45) is 0 Å². The maximum absolute atomic E-state index is 13.3. The van der Waals surface area contributed by atoms with Gasteiger partial charge in [-0.2, -0.15) is 0 Å². The van der Waals surface area contributed by atoms with Crippen LogP contribution in [0.15, 0.2) is 48.5 Å². The molecule has 0 aliphatic carbocycles. The Morgan fingerprint density at radius 2 is 1.73 bits per heavy atom. The van der Waals surface area contributed by atoms with E-state index in [9.17, 15) is 18.4 Å². The van der Waals surface area contributed by atoms with Gasteiger partial charge in [-0.1, -0.05) is 24.3 Å². The number of hydrogen-bond donors (Lipinski definition) is 1. The smallest absolute Gasteiger partial charge is 0.223 e. The maximum atomic E-state index is 13.3. The number of hydrogen-bond acceptors (Lipinski definition) is 2. The molecule has 6 heteroatoms. The van der Waals surface area contributed by atoms with Gasteiger partial charge in [0.25, 0.3) is 0 Å². The van der Waals surface area contributed by atoms with Crippen molar-refractivity contribution < 1.29 is 18.4 Å². The van der Waals surface area contributed by atoms with E-state index in [1.807, 2.05) is 4.90 Å². The molecule has 2 amide bonds. The molecule has 4 rings (SSSR count). The molecule has 2 aliphatic rings. The van der Waals surface area contributed by atoms with E-state index in [-0.39, 0.29) is 29.5 Å². The molecule has 0 aromatic heterocycles. The van der Waals surface area contributed by atoms with E-state index < -0.39 is 5.54 Å². The molecule has 2 aliphatic heterocycles. The van der Waals surface area contributed by atoms with Crippen molar-refractivity contribution in [2.75, 3.05) is 6.54 Å². The summed E-state index contributed by atoms with van der Waals surface area (Å²) in [7, 11) is 0. The lowest BCUT2D eigenvalue weighted by atomic mass is 9.85. The number of likely N-dealkylation sites (tertiary alicyclic amines) is 1. The standard InChI is InChI=1S/C24H26F2N2O2/c25-19-7-3-17(4-8-19)16-24(13-11-22(29)27-24)14-12-23(30)28-15-1-2-21(28)18-5-9-20(26)10-6-18/h3-10,21H,1-2,11-16H2,(H,27,29)/t21-,24+/m0/s1. The molecule has 30 heavy (non-hydrogen) atoms. The highest BCUT2D eigenvalue weighted by Crippen LogP contribution is 2.34. The van der Waals surface area contributed by atoms with Crippen LogP contribution < -0.4 is 5.32 Å². The van der Waals surface area contributed by atoms with E-state index in [1.54, 1.807) is 24.3 Å². The Balaban J connectivity index is 1.44.